The van der Waals surface area contributed by atoms with Crippen LogP contribution in [0.1, 0.15) is 54.5 Å². The number of hydrogen-bond donors (Lipinski definition) is 5. The predicted molar refractivity (Wildman–Crippen MR) is 119 cm³/mol. The molecule has 3 fully saturated rings. The van der Waals surface area contributed by atoms with Crippen molar-refractivity contribution in [3.05, 3.63) is 65.2 Å². The number of hydrazine groups is 3. The van der Waals surface area contributed by atoms with Gasteiger partial charge in [-0.05, 0) is 48.8 Å². The topological polar surface area (TPSA) is 129 Å². The third-order valence-corrected chi connectivity index (χ3v) is 7.87. The summed E-state index contributed by atoms with van der Waals surface area (Å²) in [5, 5.41) is 5.52. The van der Waals surface area contributed by atoms with Gasteiger partial charge < -0.3 is 4.90 Å². The lowest BCUT2D eigenvalue weighted by molar-refractivity contribution is -0.135. The van der Waals surface area contributed by atoms with Crippen molar-refractivity contribution in [1.82, 2.24) is 26.8 Å². The summed E-state index contributed by atoms with van der Waals surface area (Å²) in [7, 11) is -3.90. The Labute approximate surface area is 187 Å². The van der Waals surface area contributed by atoms with Gasteiger partial charge in [0.15, 0.2) is 0 Å². The minimum atomic E-state index is -3.90. The van der Waals surface area contributed by atoms with Crippen molar-refractivity contribution < 1.29 is 13.2 Å². The smallest absolute Gasteiger partial charge is 0.238 e. The van der Waals surface area contributed by atoms with Crippen molar-refractivity contribution in [2.24, 2.45) is 5.14 Å². The Bertz CT molecular complexity index is 1110. The lowest BCUT2D eigenvalue weighted by Gasteiger charge is -2.36. The molecule has 0 aromatic heterocycles. The number of rotatable bonds is 5. The zero-order valence-electron chi connectivity index (χ0n) is 17.7. The van der Waals surface area contributed by atoms with Crippen molar-refractivity contribution in [1.29, 1.82) is 0 Å². The van der Waals surface area contributed by atoms with Crippen LogP contribution in [0.2, 0.25) is 0 Å². The van der Waals surface area contributed by atoms with Crippen LogP contribution in [-0.2, 0) is 20.2 Å². The van der Waals surface area contributed by atoms with E-state index in [9.17, 15) is 13.2 Å². The maximum atomic E-state index is 13.4. The van der Waals surface area contributed by atoms with E-state index < -0.39 is 16.2 Å². The number of nitrogens with two attached hydrogens (primary N) is 1. The lowest BCUT2D eigenvalue weighted by atomic mass is 9.84. The maximum Gasteiger partial charge on any atom is 0.238 e. The molecule has 9 nitrogen and oxygen atoms in total. The highest BCUT2D eigenvalue weighted by Gasteiger charge is 2.53. The second-order valence-corrected chi connectivity index (χ2v) is 10.3. The van der Waals surface area contributed by atoms with Crippen LogP contribution in [0.3, 0.4) is 0 Å². The van der Waals surface area contributed by atoms with Crippen LogP contribution in [0.5, 0.6) is 0 Å². The molecule has 0 spiro atoms. The van der Waals surface area contributed by atoms with E-state index in [-0.39, 0.29) is 22.1 Å². The highest BCUT2D eigenvalue weighted by Crippen LogP contribution is 2.50. The molecule has 0 unspecified atom stereocenters. The van der Waals surface area contributed by atoms with Gasteiger partial charge in [-0.2, -0.15) is 11.1 Å². The molecule has 5 rings (SSSR count). The summed E-state index contributed by atoms with van der Waals surface area (Å²) in [6.07, 6.45) is 2.88. The molecule has 0 bridgehead atoms. The molecule has 0 radical (unpaired) electrons. The van der Waals surface area contributed by atoms with Crippen LogP contribution in [0.4, 0.5) is 0 Å². The highest BCUT2D eigenvalue weighted by atomic mass is 32.2. The minimum absolute atomic E-state index is 0.102. The third-order valence-electron chi connectivity index (χ3n) is 6.90. The van der Waals surface area contributed by atoms with Gasteiger partial charge in [0.25, 0.3) is 0 Å². The number of benzene rings is 2. The van der Waals surface area contributed by atoms with Crippen LogP contribution >= 0.6 is 0 Å². The van der Waals surface area contributed by atoms with E-state index in [4.69, 9.17) is 5.14 Å². The number of hydrogen-bond acceptors (Lipinski definition) is 7. The first-order valence-corrected chi connectivity index (χ1v) is 12.5. The van der Waals surface area contributed by atoms with E-state index in [1.165, 1.54) is 6.07 Å². The van der Waals surface area contributed by atoms with Crippen molar-refractivity contribution in [2.75, 3.05) is 13.1 Å². The van der Waals surface area contributed by atoms with Crippen LogP contribution in [0.25, 0.3) is 0 Å². The fourth-order valence-electron chi connectivity index (χ4n) is 5.08. The first-order valence-electron chi connectivity index (χ1n) is 10.9. The van der Waals surface area contributed by atoms with Gasteiger partial charge in [-0.25, -0.2) is 24.4 Å². The standard InChI is InChI=1S/C22H28N6O3S/c23-32(30,31)18-8-4-7-17(19(18)20-24-26-27-25-20)15-9-13-28(14-10-15)21(29)22(11-12-22)16-5-2-1-3-6-16/h1-8,15,20,24-27H,9-14H2,(H2,23,30,31). The third kappa shape index (κ3) is 3.83. The summed E-state index contributed by atoms with van der Waals surface area (Å²) in [5.74, 6) is 0.347. The Kier molecular flexibility index (Phi) is 5.52. The average molecular weight is 457 g/mol. The maximum absolute atomic E-state index is 13.4. The summed E-state index contributed by atoms with van der Waals surface area (Å²) < 4.78 is 24.5. The molecule has 1 saturated carbocycles. The van der Waals surface area contributed by atoms with E-state index in [0.717, 1.165) is 36.8 Å². The van der Waals surface area contributed by atoms with Gasteiger partial charge in [0.1, 0.15) is 6.17 Å². The number of primary sulfonamides is 1. The Balaban J connectivity index is 1.36. The molecule has 2 aromatic carbocycles. The van der Waals surface area contributed by atoms with Gasteiger partial charge in [0.05, 0.1) is 10.3 Å². The average Bonchev–Trinajstić information content (AvgIpc) is 3.44. The monoisotopic (exact) mass is 456 g/mol. The normalized spacial score (nSPS) is 21.6. The second kappa shape index (κ2) is 8.22. The molecular weight excluding hydrogens is 428 g/mol. The molecule has 1 aliphatic carbocycles. The second-order valence-electron chi connectivity index (χ2n) is 8.79. The molecule has 10 heteroatoms. The Morgan fingerprint density at radius 1 is 0.969 bits per heavy atom. The number of piperidine rings is 1. The Morgan fingerprint density at radius 2 is 1.62 bits per heavy atom. The lowest BCUT2D eigenvalue weighted by Crippen LogP contribution is -2.44. The number of amides is 1. The number of nitrogens with zero attached hydrogens (tertiary/aromatic N) is 1. The summed E-state index contributed by atoms with van der Waals surface area (Å²) >= 11 is 0. The fraction of sp³-hybridized carbons (Fsp3) is 0.409. The molecule has 170 valence electrons. The van der Waals surface area contributed by atoms with Crippen LogP contribution in [-0.4, -0.2) is 32.3 Å². The van der Waals surface area contributed by atoms with E-state index in [1.807, 2.05) is 41.3 Å². The Morgan fingerprint density at radius 3 is 2.22 bits per heavy atom. The zero-order chi connectivity index (χ0) is 22.3. The molecule has 2 aromatic rings. The van der Waals surface area contributed by atoms with Crippen molar-refractivity contribution in [3.8, 4) is 0 Å². The molecule has 1 amide bonds. The van der Waals surface area contributed by atoms with Crippen molar-refractivity contribution >= 4 is 15.9 Å². The number of likely N-dealkylation sites (tertiary alicyclic amines) is 1. The zero-order valence-corrected chi connectivity index (χ0v) is 18.5. The number of carbonyl (C=O) groups is 1. The molecule has 2 heterocycles. The predicted octanol–water partition coefficient (Wildman–Crippen LogP) is 0.887. The fourth-order valence-corrected chi connectivity index (χ4v) is 5.89. The molecule has 32 heavy (non-hydrogen) atoms. The molecular formula is C22H28N6O3S. The molecule has 6 N–H and O–H groups in total. The first kappa shape index (κ1) is 21.5. The SMILES string of the molecule is NS(=O)(=O)c1cccc(C2CCN(C(=O)C3(c4ccccc4)CC3)CC2)c1C1NNNN1. The first-order chi connectivity index (χ1) is 15.4. The summed E-state index contributed by atoms with van der Waals surface area (Å²) in [4.78, 5) is 15.5. The van der Waals surface area contributed by atoms with Gasteiger partial charge in [0.2, 0.25) is 15.9 Å². The van der Waals surface area contributed by atoms with Gasteiger partial charge >= 0.3 is 0 Å². The summed E-state index contributed by atoms with van der Waals surface area (Å²) in [6, 6.07) is 15.3. The van der Waals surface area contributed by atoms with Crippen LogP contribution in [0.15, 0.2) is 53.4 Å². The van der Waals surface area contributed by atoms with Crippen molar-refractivity contribution in [2.45, 2.75) is 48.1 Å². The molecule has 2 aliphatic heterocycles. The van der Waals surface area contributed by atoms with E-state index in [0.29, 0.717) is 18.7 Å². The number of carbonyl (C=O) groups excluding carboxylic acids is 1. The van der Waals surface area contributed by atoms with E-state index >= 15 is 0 Å². The molecule has 0 atom stereocenters. The number of nitrogens with one attached hydrogen (secondary N) is 4. The van der Waals surface area contributed by atoms with Gasteiger partial charge in [-0.15, -0.1) is 0 Å². The van der Waals surface area contributed by atoms with Gasteiger partial charge in [-0.3, -0.25) is 4.79 Å². The van der Waals surface area contributed by atoms with Crippen LogP contribution in [0, 0.1) is 0 Å². The van der Waals surface area contributed by atoms with Crippen molar-refractivity contribution in [3.63, 3.8) is 0 Å². The Hall–Kier alpha value is -2.34. The number of sulfonamides is 1. The van der Waals surface area contributed by atoms with E-state index in [1.54, 1.807) is 6.07 Å². The quantitative estimate of drug-likeness (QED) is 0.452. The van der Waals surface area contributed by atoms with Crippen LogP contribution < -0.4 is 27.1 Å². The van der Waals surface area contributed by atoms with E-state index in [2.05, 4.69) is 21.9 Å². The summed E-state index contributed by atoms with van der Waals surface area (Å²) in [5.41, 5.74) is 13.7. The highest BCUT2D eigenvalue weighted by molar-refractivity contribution is 7.89. The summed E-state index contributed by atoms with van der Waals surface area (Å²) in [6.45, 7) is 1.30. The van der Waals surface area contributed by atoms with Gasteiger partial charge in [-0.1, -0.05) is 42.5 Å². The largest absolute Gasteiger partial charge is 0.342 e. The minimum Gasteiger partial charge on any atom is -0.342 e. The van der Waals surface area contributed by atoms with Gasteiger partial charge in [0, 0.05) is 18.7 Å². The molecule has 2 saturated heterocycles. The molecule has 3 aliphatic rings.